The SMILES string of the molecule is CC(C)(C)C(=O)Oc1ccc2c(c1)C=CC1(CCCCC1)N2.Cl. The van der Waals surface area contributed by atoms with Crippen molar-refractivity contribution in [2.75, 3.05) is 5.32 Å². The van der Waals surface area contributed by atoms with Crippen molar-refractivity contribution < 1.29 is 9.53 Å². The molecule has 0 saturated heterocycles. The summed E-state index contributed by atoms with van der Waals surface area (Å²) in [6, 6.07) is 5.85. The molecule has 1 heterocycles. The fourth-order valence-electron chi connectivity index (χ4n) is 3.15. The van der Waals surface area contributed by atoms with E-state index in [1.807, 2.05) is 39.0 Å². The zero-order valence-electron chi connectivity index (χ0n) is 14.1. The number of benzene rings is 1. The summed E-state index contributed by atoms with van der Waals surface area (Å²) in [6.07, 6.45) is 10.8. The maximum atomic E-state index is 12.0. The third-order valence-corrected chi connectivity index (χ3v) is 4.56. The predicted molar refractivity (Wildman–Crippen MR) is 97.3 cm³/mol. The molecule has 2 aliphatic rings. The van der Waals surface area contributed by atoms with Crippen molar-refractivity contribution in [2.24, 2.45) is 5.41 Å². The van der Waals surface area contributed by atoms with Crippen molar-refractivity contribution in [1.82, 2.24) is 0 Å². The Morgan fingerprint density at radius 3 is 2.52 bits per heavy atom. The quantitative estimate of drug-likeness (QED) is 0.566. The number of hydrogen-bond donors (Lipinski definition) is 1. The van der Waals surface area contributed by atoms with Crippen molar-refractivity contribution in [3.05, 3.63) is 29.8 Å². The first-order valence-electron chi connectivity index (χ1n) is 8.22. The number of esters is 1. The average Bonchev–Trinajstić information content (AvgIpc) is 2.47. The lowest BCUT2D eigenvalue weighted by Gasteiger charge is -2.39. The molecule has 1 aromatic carbocycles. The Morgan fingerprint density at radius 1 is 1.17 bits per heavy atom. The number of nitrogens with one attached hydrogen (secondary N) is 1. The second-order valence-electron chi connectivity index (χ2n) is 7.56. The van der Waals surface area contributed by atoms with Crippen LogP contribution in [0, 0.1) is 5.41 Å². The monoisotopic (exact) mass is 335 g/mol. The number of hydrogen-bond acceptors (Lipinski definition) is 3. The van der Waals surface area contributed by atoms with Crippen LogP contribution in [-0.2, 0) is 4.79 Å². The number of carbonyl (C=O) groups excluding carboxylic acids is 1. The third kappa shape index (κ3) is 3.89. The highest BCUT2D eigenvalue weighted by Crippen LogP contribution is 2.39. The van der Waals surface area contributed by atoms with Gasteiger partial charge in [-0.1, -0.05) is 31.4 Å². The van der Waals surface area contributed by atoms with E-state index in [0.717, 1.165) is 11.3 Å². The maximum absolute atomic E-state index is 12.0. The summed E-state index contributed by atoms with van der Waals surface area (Å²) in [5.41, 5.74) is 1.88. The summed E-state index contributed by atoms with van der Waals surface area (Å²) in [5, 5.41) is 3.70. The van der Waals surface area contributed by atoms with Gasteiger partial charge in [-0.15, -0.1) is 12.4 Å². The van der Waals surface area contributed by atoms with Gasteiger partial charge in [-0.05, 0) is 51.8 Å². The molecule has 1 saturated carbocycles. The number of fused-ring (bicyclic) bond motifs is 1. The van der Waals surface area contributed by atoms with Gasteiger partial charge in [0.15, 0.2) is 0 Å². The molecule has 0 unspecified atom stereocenters. The van der Waals surface area contributed by atoms with E-state index >= 15 is 0 Å². The Labute approximate surface area is 144 Å². The van der Waals surface area contributed by atoms with Crippen molar-refractivity contribution in [3.63, 3.8) is 0 Å². The molecule has 0 atom stereocenters. The smallest absolute Gasteiger partial charge is 0.316 e. The van der Waals surface area contributed by atoms with Gasteiger partial charge in [0.25, 0.3) is 0 Å². The molecule has 126 valence electrons. The summed E-state index contributed by atoms with van der Waals surface area (Å²) in [5.74, 6) is 0.411. The van der Waals surface area contributed by atoms with E-state index in [4.69, 9.17) is 4.74 Å². The van der Waals surface area contributed by atoms with E-state index in [9.17, 15) is 4.79 Å². The van der Waals surface area contributed by atoms with Crippen LogP contribution in [0.5, 0.6) is 5.75 Å². The lowest BCUT2D eigenvalue weighted by molar-refractivity contribution is -0.142. The Morgan fingerprint density at radius 2 is 1.87 bits per heavy atom. The average molecular weight is 336 g/mol. The summed E-state index contributed by atoms with van der Waals surface area (Å²) < 4.78 is 5.48. The molecule has 3 rings (SSSR count). The minimum Gasteiger partial charge on any atom is -0.426 e. The van der Waals surface area contributed by atoms with Gasteiger partial charge in [-0.25, -0.2) is 0 Å². The van der Waals surface area contributed by atoms with Crippen LogP contribution in [0.1, 0.15) is 58.4 Å². The van der Waals surface area contributed by atoms with Gasteiger partial charge >= 0.3 is 5.97 Å². The molecule has 1 aliphatic carbocycles. The minimum atomic E-state index is -0.490. The lowest BCUT2D eigenvalue weighted by Crippen LogP contribution is -2.39. The van der Waals surface area contributed by atoms with Gasteiger partial charge in [0.1, 0.15) is 5.75 Å². The van der Waals surface area contributed by atoms with Gasteiger partial charge in [-0.2, -0.15) is 0 Å². The third-order valence-electron chi connectivity index (χ3n) is 4.56. The molecule has 1 fully saturated rings. The standard InChI is InChI=1S/C19H25NO2.ClH/c1-18(2,3)17(21)22-15-7-8-16-14(13-15)9-12-19(20-16)10-5-4-6-11-19;/h7-9,12-13,20H,4-6,10-11H2,1-3H3;1H. The van der Waals surface area contributed by atoms with E-state index in [1.54, 1.807) is 0 Å². The highest BCUT2D eigenvalue weighted by Gasteiger charge is 2.32. The first-order valence-corrected chi connectivity index (χ1v) is 8.22. The highest BCUT2D eigenvalue weighted by molar-refractivity contribution is 5.85. The van der Waals surface area contributed by atoms with Gasteiger partial charge in [0.2, 0.25) is 0 Å². The van der Waals surface area contributed by atoms with Crippen LogP contribution in [0.2, 0.25) is 0 Å². The first kappa shape index (κ1) is 17.9. The molecule has 1 spiro atoms. The summed E-state index contributed by atoms with van der Waals surface area (Å²) in [7, 11) is 0. The number of carbonyl (C=O) groups is 1. The van der Waals surface area contributed by atoms with Crippen molar-refractivity contribution >= 4 is 30.1 Å². The Kier molecular flexibility index (Phi) is 5.10. The zero-order valence-corrected chi connectivity index (χ0v) is 15.0. The molecular weight excluding hydrogens is 310 g/mol. The number of ether oxygens (including phenoxy) is 1. The van der Waals surface area contributed by atoms with Crippen molar-refractivity contribution in [2.45, 2.75) is 58.4 Å². The first-order chi connectivity index (χ1) is 10.4. The number of halogens is 1. The van der Waals surface area contributed by atoms with Crippen LogP contribution in [0.25, 0.3) is 6.08 Å². The molecular formula is C19H26ClNO2. The molecule has 4 heteroatoms. The lowest BCUT2D eigenvalue weighted by atomic mass is 9.79. The molecule has 0 bridgehead atoms. The highest BCUT2D eigenvalue weighted by atomic mass is 35.5. The van der Waals surface area contributed by atoms with Crippen LogP contribution in [-0.4, -0.2) is 11.5 Å². The van der Waals surface area contributed by atoms with Gasteiger partial charge in [0, 0.05) is 11.3 Å². The minimum absolute atomic E-state index is 0. The van der Waals surface area contributed by atoms with E-state index in [-0.39, 0.29) is 23.9 Å². The van der Waals surface area contributed by atoms with Crippen LogP contribution < -0.4 is 10.1 Å². The topological polar surface area (TPSA) is 38.3 Å². The molecule has 0 aromatic heterocycles. The predicted octanol–water partition coefficient (Wildman–Crippen LogP) is 5.20. The van der Waals surface area contributed by atoms with E-state index in [0.29, 0.717) is 5.75 Å². The van der Waals surface area contributed by atoms with Crippen molar-refractivity contribution in [1.29, 1.82) is 0 Å². The van der Waals surface area contributed by atoms with Crippen LogP contribution in [0.15, 0.2) is 24.3 Å². The molecule has 1 aromatic rings. The van der Waals surface area contributed by atoms with Crippen LogP contribution in [0.4, 0.5) is 5.69 Å². The van der Waals surface area contributed by atoms with E-state index in [2.05, 4.69) is 17.5 Å². The summed E-state index contributed by atoms with van der Waals surface area (Å²) in [6.45, 7) is 5.59. The van der Waals surface area contributed by atoms with Crippen LogP contribution >= 0.6 is 12.4 Å². The van der Waals surface area contributed by atoms with Gasteiger partial charge in [0.05, 0.1) is 11.0 Å². The molecule has 1 aliphatic heterocycles. The molecule has 0 radical (unpaired) electrons. The molecule has 23 heavy (non-hydrogen) atoms. The molecule has 1 N–H and O–H groups in total. The maximum Gasteiger partial charge on any atom is 0.316 e. The fourth-order valence-corrected chi connectivity index (χ4v) is 3.15. The van der Waals surface area contributed by atoms with Gasteiger partial charge < -0.3 is 10.1 Å². The Balaban J connectivity index is 0.00000192. The number of rotatable bonds is 1. The molecule has 0 amide bonds. The van der Waals surface area contributed by atoms with E-state index in [1.165, 1.54) is 32.1 Å². The Bertz CT molecular complexity index is 610. The largest absolute Gasteiger partial charge is 0.426 e. The second kappa shape index (κ2) is 6.56. The number of anilines is 1. The zero-order chi connectivity index (χ0) is 15.8. The summed E-state index contributed by atoms with van der Waals surface area (Å²) >= 11 is 0. The van der Waals surface area contributed by atoms with E-state index < -0.39 is 5.41 Å². The van der Waals surface area contributed by atoms with Crippen LogP contribution in [0.3, 0.4) is 0 Å². The second-order valence-corrected chi connectivity index (χ2v) is 7.56. The fraction of sp³-hybridized carbons (Fsp3) is 0.526. The summed E-state index contributed by atoms with van der Waals surface area (Å²) in [4.78, 5) is 12.0. The van der Waals surface area contributed by atoms with Gasteiger partial charge in [-0.3, -0.25) is 4.79 Å². The normalized spacial score (nSPS) is 18.6. The molecule has 3 nitrogen and oxygen atoms in total. The Hall–Kier alpha value is -1.48. The van der Waals surface area contributed by atoms with Crippen molar-refractivity contribution in [3.8, 4) is 5.75 Å².